The zero-order valence-electron chi connectivity index (χ0n) is 10.1. The first-order valence-electron chi connectivity index (χ1n) is 5.78. The smallest absolute Gasteiger partial charge is 0.169 e. The third kappa shape index (κ3) is 5.25. The fourth-order valence-corrected chi connectivity index (χ4v) is 1.38. The first kappa shape index (κ1) is 13.2. The molecule has 0 saturated carbocycles. The minimum Gasteiger partial charge on any atom is -0.352 e. The van der Waals surface area contributed by atoms with Crippen LogP contribution in [-0.4, -0.2) is 42.4 Å². The van der Waals surface area contributed by atoms with Gasteiger partial charge in [0.05, 0.1) is 6.54 Å². The fourth-order valence-electron chi connectivity index (χ4n) is 1.38. The van der Waals surface area contributed by atoms with Crippen molar-refractivity contribution in [2.24, 2.45) is 0 Å². The average Bonchev–Trinajstić information content (AvgIpc) is 2.78. The van der Waals surface area contributed by atoms with E-state index < -0.39 is 0 Å². The molecular formula is C11H21N3O2. The van der Waals surface area contributed by atoms with Crippen molar-refractivity contribution in [3.8, 4) is 0 Å². The van der Waals surface area contributed by atoms with Gasteiger partial charge in [-0.05, 0) is 19.9 Å². The Morgan fingerprint density at radius 3 is 2.62 bits per heavy atom. The minimum atomic E-state index is -0.146. The summed E-state index contributed by atoms with van der Waals surface area (Å²) in [5.41, 5.74) is 0. The lowest BCUT2D eigenvalue weighted by molar-refractivity contribution is -0.132. The van der Waals surface area contributed by atoms with Gasteiger partial charge in [-0.25, -0.2) is 0 Å². The molecule has 0 aliphatic rings. The molecule has 0 aliphatic carbocycles. The van der Waals surface area contributed by atoms with Crippen LogP contribution in [0.5, 0.6) is 0 Å². The van der Waals surface area contributed by atoms with Crippen LogP contribution in [0.2, 0.25) is 0 Å². The summed E-state index contributed by atoms with van der Waals surface area (Å²) in [5, 5.41) is 7.40. The van der Waals surface area contributed by atoms with Crippen molar-refractivity contribution in [3.63, 3.8) is 0 Å². The number of hydrogen-bond donors (Lipinski definition) is 1. The molecule has 0 radical (unpaired) electrons. The molecule has 0 amide bonds. The summed E-state index contributed by atoms with van der Waals surface area (Å²) < 4.78 is 12.7. The van der Waals surface area contributed by atoms with Crippen molar-refractivity contribution in [2.45, 2.75) is 26.7 Å². The van der Waals surface area contributed by atoms with Crippen molar-refractivity contribution in [3.05, 3.63) is 18.5 Å². The topological polar surface area (TPSA) is 48.3 Å². The van der Waals surface area contributed by atoms with Crippen LogP contribution in [0.3, 0.4) is 0 Å². The van der Waals surface area contributed by atoms with Crippen molar-refractivity contribution >= 4 is 0 Å². The lowest BCUT2D eigenvalue weighted by Gasteiger charge is -2.17. The average molecular weight is 227 g/mol. The van der Waals surface area contributed by atoms with Crippen LogP contribution < -0.4 is 5.32 Å². The first-order valence-corrected chi connectivity index (χ1v) is 5.78. The molecule has 1 rings (SSSR count). The van der Waals surface area contributed by atoms with E-state index in [-0.39, 0.29) is 6.29 Å². The van der Waals surface area contributed by atoms with E-state index in [0.717, 1.165) is 13.1 Å². The molecule has 16 heavy (non-hydrogen) atoms. The number of nitrogens with one attached hydrogen (secondary N) is 1. The molecule has 0 aromatic carbocycles. The van der Waals surface area contributed by atoms with E-state index in [1.807, 2.05) is 30.8 Å². The third-order valence-electron chi connectivity index (χ3n) is 2.09. The van der Waals surface area contributed by atoms with Crippen molar-refractivity contribution in [1.29, 1.82) is 0 Å². The Hall–Kier alpha value is -0.910. The van der Waals surface area contributed by atoms with E-state index in [1.54, 1.807) is 6.20 Å². The third-order valence-corrected chi connectivity index (χ3v) is 2.09. The number of nitrogens with zero attached hydrogens (tertiary/aromatic N) is 2. The fraction of sp³-hybridized carbons (Fsp3) is 0.727. The zero-order chi connectivity index (χ0) is 11.6. The van der Waals surface area contributed by atoms with E-state index in [1.165, 1.54) is 0 Å². The summed E-state index contributed by atoms with van der Waals surface area (Å²) in [6, 6.07) is 1.92. The van der Waals surface area contributed by atoms with Gasteiger partial charge < -0.3 is 14.8 Å². The van der Waals surface area contributed by atoms with E-state index >= 15 is 0 Å². The molecule has 0 bridgehead atoms. The van der Waals surface area contributed by atoms with Crippen molar-refractivity contribution in [1.82, 2.24) is 15.1 Å². The van der Waals surface area contributed by atoms with E-state index in [9.17, 15) is 0 Å². The van der Waals surface area contributed by atoms with Gasteiger partial charge in [-0.3, -0.25) is 4.68 Å². The van der Waals surface area contributed by atoms with E-state index in [2.05, 4.69) is 10.4 Å². The molecule has 5 heteroatoms. The van der Waals surface area contributed by atoms with Gasteiger partial charge in [-0.2, -0.15) is 5.10 Å². The number of hydrogen-bond acceptors (Lipinski definition) is 4. The Bertz CT molecular complexity index is 246. The van der Waals surface area contributed by atoms with Gasteiger partial charge in [-0.15, -0.1) is 0 Å². The Morgan fingerprint density at radius 2 is 2.06 bits per heavy atom. The van der Waals surface area contributed by atoms with Crippen LogP contribution in [0.25, 0.3) is 0 Å². The zero-order valence-corrected chi connectivity index (χ0v) is 10.1. The van der Waals surface area contributed by atoms with Crippen molar-refractivity contribution in [2.75, 3.05) is 26.3 Å². The molecule has 1 N–H and O–H groups in total. The highest BCUT2D eigenvalue weighted by atomic mass is 16.7. The maximum absolute atomic E-state index is 5.41. The van der Waals surface area contributed by atoms with Crippen LogP contribution in [0, 0.1) is 0 Å². The largest absolute Gasteiger partial charge is 0.352 e. The monoisotopic (exact) mass is 227 g/mol. The molecule has 92 valence electrons. The second-order valence-corrected chi connectivity index (χ2v) is 3.31. The molecule has 0 saturated heterocycles. The molecule has 0 spiro atoms. The maximum Gasteiger partial charge on any atom is 0.169 e. The van der Waals surface area contributed by atoms with E-state index in [4.69, 9.17) is 9.47 Å². The molecule has 0 unspecified atom stereocenters. The molecule has 0 atom stereocenters. The van der Waals surface area contributed by atoms with Crippen LogP contribution in [0.1, 0.15) is 13.8 Å². The van der Waals surface area contributed by atoms with Gasteiger partial charge in [0.15, 0.2) is 6.29 Å². The maximum atomic E-state index is 5.41. The van der Waals surface area contributed by atoms with Crippen LogP contribution in [0.4, 0.5) is 0 Å². The standard InChI is InChI=1S/C11H21N3O2/c1-3-15-11(16-4-2)10-12-7-9-14-8-5-6-13-14/h5-6,8,11-12H,3-4,7,9-10H2,1-2H3. The summed E-state index contributed by atoms with van der Waals surface area (Å²) in [6.45, 7) is 7.71. The number of aromatic nitrogens is 2. The highest BCUT2D eigenvalue weighted by Gasteiger charge is 2.06. The molecule has 5 nitrogen and oxygen atoms in total. The first-order chi connectivity index (χ1) is 7.86. The Morgan fingerprint density at radius 1 is 1.31 bits per heavy atom. The van der Waals surface area contributed by atoms with Gasteiger partial charge in [0.2, 0.25) is 0 Å². The Kier molecular flexibility index (Phi) is 6.80. The van der Waals surface area contributed by atoms with Gasteiger partial charge in [0.1, 0.15) is 0 Å². The van der Waals surface area contributed by atoms with Gasteiger partial charge in [-0.1, -0.05) is 0 Å². The Labute approximate surface area is 96.7 Å². The van der Waals surface area contributed by atoms with Crippen LogP contribution >= 0.6 is 0 Å². The SMILES string of the molecule is CCOC(CNCCn1cccn1)OCC. The summed E-state index contributed by atoms with van der Waals surface area (Å²) in [4.78, 5) is 0. The highest BCUT2D eigenvalue weighted by Crippen LogP contribution is 1.93. The highest BCUT2D eigenvalue weighted by molar-refractivity contribution is 4.77. The number of rotatable bonds is 9. The summed E-state index contributed by atoms with van der Waals surface area (Å²) in [6.07, 6.45) is 3.58. The molecule has 1 aromatic rings. The van der Waals surface area contributed by atoms with Gasteiger partial charge in [0.25, 0.3) is 0 Å². The molecule has 0 fully saturated rings. The van der Waals surface area contributed by atoms with Crippen LogP contribution in [-0.2, 0) is 16.0 Å². The molecule has 0 aliphatic heterocycles. The summed E-state index contributed by atoms with van der Waals surface area (Å²) in [7, 11) is 0. The lowest BCUT2D eigenvalue weighted by atomic mass is 10.5. The quantitative estimate of drug-likeness (QED) is 0.502. The number of ether oxygens (including phenoxy) is 2. The van der Waals surface area contributed by atoms with Gasteiger partial charge >= 0.3 is 0 Å². The predicted molar refractivity (Wildman–Crippen MR) is 62.1 cm³/mol. The molecule has 1 aromatic heterocycles. The summed E-state index contributed by atoms with van der Waals surface area (Å²) >= 11 is 0. The van der Waals surface area contributed by atoms with E-state index in [0.29, 0.717) is 19.8 Å². The Balaban J connectivity index is 2.08. The normalized spacial score (nSPS) is 11.2. The van der Waals surface area contributed by atoms with Crippen LogP contribution in [0.15, 0.2) is 18.5 Å². The minimum absolute atomic E-state index is 0.146. The van der Waals surface area contributed by atoms with Crippen molar-refractivity contribution < 1.29 is 9.47 Å². The summed E-state index contributed by atoms with van der Waals surface area (Å²) in [5.74, 6) is 0. The second kappa shape index (κ2) is 8.27. The predicted octanol–water partition coefficient (Wildman–Crippen LogP) is 0.872. The lowest BCUT2D eigenvalue weighted by Crippen LogP contribution is -2.33. The molecular weight excluding hydrogens is 206 g/mol. The van der Waals surface area contributed by atoms with Gasteiger partial charge in [0, 0.05) is 38.7 Å². The second-order valence-electron chi connectivity index (χ2n) is 3.31. The molecule has 1 heterocycles.